The third kappa shape index (κ3) is 2.31. The summed E-state index contributed by atoms with van der Waals surface area (Å²) in [6.45, 7) is 0. The number of fused-ring (bicyclic) bond motifs is 1. The van der Waals surface area contributed by atoms with Crippen LogP contribution >= 0.6 is 23.4 Å². The molecule has 6 heteroatoms. The van der Waals surface area contributed by atoms with Crippen LogP contribution in [0.15, 0.2) is 23.1 Å². The van der Waals surface area contributed by atoms with Crippen LogP contribution in [0.4, 0.5) is 5.69 Å². The van der Waals surface area contributed by atoms with Gasteiger partial charge in [-0.3, -0.25) is 9.59 Å². The molecular weight excluding hydrogens is 250 g/mol. The van der Waals surface area contributed by atoms with Crippen LogP contribution in [0.3, 0.4) is 0 Å². The Bertz CT molecular complexity index is 463. The lowest BCUT2D eigenvalue weighted by molar-refractivity contribution is -0.138. The van der Waals surface area contributed by atoms with Crippen LogP contribution in [0.2, 0.25) is 5.02 Å². The van der Waals surface area contributed by atoms with E-state index in [1.807, 2.05) is 0 Å². The zero-order chi connectivity index (χ0) is 11.7. The van der Waals surface area contributed by atoms with Crippen molar-refractivity contribution in [3.8, 4) is 0 Å². The van der Waals surface area contributed by atoms with E-state index in [1.165, 1.54) is 11.8 Å². The van der Waals surface area contributed by atoms with Crippen molar-refractivity contribution in [2.45, 2.75) is 16.6 Å². The number of hydrogen-bond donors (Lipinski definition) is 2. The monoisotopic (exact) mass is 257 g/mol. The number of amides is 1. The van der Waals surface area contributed by atoms with Crippen molar-refractivity contribution in [1.82, 2.24) is 0 Å². The number of hydrogen-bond acceptors (Lipinski definition) is 3. The van der Waals surface area contributed by atoms with E-state index in [-0.39, 0.29) is 12.3 Å². The van der Waals surface area contributed by atoms with Crippen molar-refractivity contribution in [3.05, 3.63) is 23.2 Å². The smallest absolute Gasteiger partial charge is 0.305 e. The van der Waals surface area contributed by atoms with Gasteiger partial charge in [-0.05, 0) is 18.2 Å². The molecule has 0 aromatic heterocycles. The SMILES string of the molecule is O=C(O)C[C@H]1Sc2ccc(Cl)cc2NC1=O. The number of aliphatic carboxylic acids is 1. The Hall–Kier alpha value is -1.20. The van der Waals surface area contributed by atoms with Crippen molar-refractivity contribution < 1.29 is 14.7 Å². The van der Waals surface area contributed by atoms with E-state index < -0.39 is 11.2 Å². The lowest BCUT2D eigenvalue weighted by Gasteiger charge is -2.22. The molecule has 1 atom stereocenters. The van der Waals surface area contributed by atoms with Gasteiger partial charge in [-0.15, -0.1) is 11.8 Å². The van der Waals surface area contributed by atoms with Crippen LogP contribution in [-0.2, 0) is 9.59 Å². The highest BCUT2D eigenvalue weighted by molar-refractivity contribution is 8.01. The molecule has 0 radical (unpaired) electrons. The number of nitrogens with one attached hydrogen (secondary N) is 1. The topological polar surface area (TPSA) is 66.4 Å². The largest absolute Gasteiger partial charge is 0.481 e. The number of thioether (sulfide) groups is 1. The molecule has 4 nitrogen and oxygen atoms in total. The van der Waals surface area contributed by atoms with E-state index in [0.29, 0.717) is 10.7 Å². The minimum Gasteiger partial charge on any atom is -0.481 e. The number of rotatable bonds is 2. The second-order valence-electron chi connectivity index (χ2n) is 3.33. The molecule has 1 aromatic carbocycles. The molecular formula is C10H8ClNO3S. The molecule has 1 aromatic rings. The maximum absolute atomic E-state index is 11.6. The Morgan fingerprint density at radius 2 is 2.31 bits per heavy atom. The van der Waals surface area contributed by atoms with Gasteiger partial charge in [0.1, 0.15) is 0 Å². The second kappa shape index (κ2) is 4.35. The summed E-state index contributed by atoms with van der Waals surface area (Å²) < 4.78 is 0. The van der Waals surface area contributed by atoms with Gasteiger partial charge in [-0.1, -0.05) is 11.6 Å². The standard InChI is InChI=1S/C10H8ClNO3S/c11-5-1-2-7-6(3-5)12-10(15)8(16-7)4-9(13)14/h1-3,8H,4H2,(H,12,15)(H,13,14)/t8-/m1/s1. The summed E-state index contributed by atoms with van der Waals surface area (Å²) in [6, 6.07) is 5.14. The average Bonchev–Trinajstić information content (AvgIpc) is 2.19. The fraction of sp³-hybridized carbons (Fsp3) is 0.200. The Kier molecular flexibility index (Phi) is 3.07. The number of carboxylic acids is 1. The molecule has 1 aliphatic heterocycles. The van der Waals surface area contributed by atoms with Crippen LogP contribution < -0.4 is 5.32 Å². The number of carbonyl (C=O) groups excluding carboxylic acids is 1. The average molecular weight is 258 g/mol. The van der Waals surface area contributed by atoms with Crippen molar-refractivity contribution in [3.63, 3.8) is 0 Å². The Balaban J connectivity index is 2.25. The molecule has 0 saturated carbocycles. The van der Waals surface area contributed by atoms with E-state index in [9.17, 15) is 9.59 Å². The minimum atomic E-state index is -0.981. The lowest BCUT2D eigenvalue weighted by atomic mass is 10.2. The van der Waals surface area contributed by atoms with Gasteiger partial charge in [0, 0.05) is 9.92 Å². The van der Waals surface area contributed by atoms with Crippen LogP contribution in [0.25, 0.3) is 0 Å². The van der Waals surface area contributed by atoms with E-state index in [2.05, 4.69) is 5.32 Å². The molecule has 0 aliphatic carbocycles. The predicted molar refractivity (Wildman–Crippen MR) is 62.0 cm³/mol. The summed E-state index contributed by atoms with van der Waals surface area (Å²) in [5.74, 6) is -1.27. The summed E-state index contributed by atoms with van der Waals surface area (Å²) in [5.41, 5.74) is 0.643. The molecule has 0 bridgehead atoms. The molecule has 84 valence electrons. The van der Waals surface area contributed by atoms with Gasteiger partial charge in [-0.25, -0.2) is 0 Å². The molecule has 2 N–H and O–H groups in total. The molecule has 1 heterocycles. The molecule has 0 saturated heterocycles. The first-order valence-electron chi connectivity index (χ1n) is 4.55. The lowest BCUT2D eigenvalue weighted by Crippen LogP contribution is -2.30. The maximum Gasteiger partial charge on any atom is 0.305 e. The second-order valence-corrected chi connectivity index (χ2v) is 5.02. The minimum absolute atomic E-state index is 0.182. The van der Waals surface area contributed by atoms with Crippen LogP contribution in [0, 0.1) is 0 Å². The van der Waals surface area contributed by atoms with E-state index in [0.717, 1.165) is 4.90 Å². The number of halogens is 1. The zero-order valence-corrected chi connectivity index (χ0v) is 9.64. The molecule has 16 heavy (non-hydrogen) atoms. The van der Waals surface area contributed by atoms with Gasteiger partial charge in [0.05, 0.1) is 17.4 Å². The number of carboxylic acid groups (broad SMARTS) is 1. The van der Waals surface area contributed by atoms with Crippen molar-refractivity contribution in [2.24, 2.45) is 0 Å². The van der Waals surface area contributed by atoms with Crippen molar-refractivity contribution in [1.29, 1.82) is 0 Å². The van der Waals surface area contributed by atoms with Gasteiger partial charge in [0.2, 0.25) is 5.91 Å². The highest BCUT2D eigenvalue weighted by Gasteiger charge is 2.28. The summed E-state index contributed by atoms with van der Waals surface area (Å²) in [5, 5.41) is 11.3. The molecule has 2 rings (SSSR count). The van der Waals surface area contributed by atoms with Crippen molar-refractivity contribution >= 4 is 40.9 Å². The highest BCUT2D eigenvalue weighted by Crippen LogP contribution is 2.38. The Morgan fingerprint density at radius 1 is 1.56 bits per heavy atom. The van der Waals surface area contributed by atoms with Gasteiger partial charge >= 0.3 is 5.97 Å². The normalized spacial score (nSPS) is 18.8. The van der Waals surface area contributed by atoms with Gasteiger partial charge < -0.3 is 10.4 Å². The first-order valence-corrected chi connectivity index (χ1v) is 5.81. The van der Waals surface area contributed by atoms with Gasteiger partial charge in [0.15, 0.2) is 0 Å². The van der Waals surface area contributed by atoms with Gasteiger partial charge in [0.25, 0.3) is 0 Å². The van der Waals surface area contributed by atoms with Crippen LogP contribution in [0.1, 0.15) is 6.42 Å². The summed E-state index contributed by atoms with van der Waals surface area (Å²) >= 11 is 7.04. The zero-order valence-electron chi connectivity index (χ0n) is 8.07. The van der Waals surface area contributed by atoms with Crippen LogP contribution in [-0.4, -0.2) is 22.2 Å². The molecule has 1 aliphatic rings. The van der Waals surface area contributed by atoms with E-state index in [4.69, 9.17) is 16.7 Å². The fourth-order valence-corrected chi connectivity index (χ4v) is 2.67. The maximum atomic E-state index is 11.6. The molecule has 0 unspecified atom stereocenters. The van der Waals surface area contributed by atoms with Crippen LogP contribution in [0.5, 0.6) is 0 Å². The summed E-state index contributed by atoms with van der Waals surface area (Å²) in [4.78, 5) is 23.0. The van der Waals surface area contributed by atoms with E-state index in [1.54, 1.807) is 18.2 Å². The van der Waals surface area contributed by atoms with Gasteiger partial charge in [-0.2, -0.15) is 0 Å². The highest BCUT2D eigenvalue weighted by atomic mass is 35.5. The first-order chi connectivity index (χ1) is 7.56. The molecule has 0 fully saturated rings. The fourth-order valence-electron chi connectivity index (χ4n) is 1.42. The number of anilines is 1. The quantitative estimate of drug-likeness (QED) is 0.853. The third-order valence-electron chi connectivity index (χ3n) is 2.12. The Morgan fingerprint density at radius 3 is 3.00 bits per heavy atom. The number of carbonyl (C=O) groups is 2. The Labute approximate surface area is 101 Å². The third-order valence-corrected chi connectivity index (χ3v) is 3.63. The molecule has 1 amide bonds. The van der Waals surface area contributed by atoms with Crippen molar-refractivity contribution in [2.75, 3.05) is 5.32 Å². The molecule has 0 spiro atoms. The first kappa shape index (κ1) is 11.3. The van der Waals surface area contributed by atoms with E-state index >= 15 is 0 Å². The predicted octanol–water partition coefficient (Wildman–Crippen LogP) is 2.23. The summed E-state index contributed by atoms with van der Waals surface area (Å²) in [6.07, 6.45) is -0.182. The summed E-state index contributed by atoms with van der Waals surface area (Å²) in [7, 11) is 0. The number of benzene rings is 1.